The van der Waals surface area contributed by atoms with E-state index in [0.717, 1.165) is 30.5 Å². The van der Waals surface area contributed by atoms with Crippen LogP contribution in [0.1, 0.15) is 46.7 Å². The normalized spacial score (nSPS) is 16.5. The summed E-state index contributed by atoms with van der Waals surface area (Å²) in [5.41, 5.74) is 12.6. The number of rotatable bonds is 4. The summed E-state index contributed by atoms with van der Waals surface area (Å²) >= 11 is 0. The number of nitrogen functional groups attached to an aromatic ring is 1. The Bertz CT molecular complexity index is 1250. The average Bonchev–Trinajstić information content (AvgIpc) is 2.84. The monoisotopic (exact) mass is 424 g/mol. The first-order chi connectivity index (χ1) is 15.6. The van der Waals surface area contributed by atoms with E-state index in [1.165, 1.54) is 11.1 Å². The van der Waals surface area contributed by atoms with Crippen molar-refractivity contribution in [1.29, 1.82) is 10.7 Å². The lowest BCUT2D eigenvalue weighted by Crippen LogP contribution is -2.18. The first-order valence-electron chi connectivity index (χ1n) is 10.8. The SMILES string of the molecule is N#Cc1ccc2c(c1)CCCC2Nc1ccc(N)c(C(=N)c2ccc3c(c2)OCCO3)c1. The second-order valence-electron chi connectivity index (χ2n) is 8.15. The summed E-state index contributed by atoms with van der Waals surface area (Å²) in [6.07, 6.45) is 3.07. The molecule has 1 unspecified atom stereocenters. The smallest absolute Gasteiger partial charge is 0.162 e. The number of nitrogens with one attached hydrogen (secondary N) is 2. The summed E-state index contributed by atoms with van der Waals surface area (Å²) < 4.78 is 11.3. The molecule has 0 aromatic heterocycles. The number of hydrogen-bond acceptors (Lipinski definition) is 6. The fraction of sp³-hybridized carbons (Fsp3) is 0.231. The highest BCUT2D eigenvalue weighted by Gasteiger charge is 2.21. The maximum atomic E-state index is 9.20. The molecule has 1 heterocycles. The number of anilines is 2. The van der Waals surface area contributed by atoms with E-state index >= 15 is 0 Å². The maximum absolute atomic E-state index is 9.20. The third-order valence-electron chi connectivity index (χ3n) is 6.08. The molecule has 3 aromatic carbocycles. The molecule has 1 atom stereocenters. The lowest BCUT2D eigenvalue weighted by atomic mass is 9.86. The minimum absolute atomic E-state index is 0.159. The summed E-state index contributed by atoms with van der Waals surface area (Å²) in [6, 6.07) is 19.6. The van der Waals surface area contributed by atoms with Crippen LogP contribution in [0, 0.1) is 16.7 Å². The van der Waals surface area contributed by atoms with Crippen molar-refractivity contribution in [3.8, 4) is 17.6 Å². The molecule has 160 valence electrons. The average molecular weight is 425 g/mol. The van der Waals surface area contributed by atoms with Gasteiger partial charge >= 0.3 is 0 Å². The molecule has 0 fully saturated rings. The van der Waals surface area contributed by atoms with Crippen LogP contribution in [0.15, 0.2) is 54.6 Å². The Morgan fingerprint density at radius 2 is 1.88 bits per heavy atom. The summed E-state index contributed by atoms with van der Waals surface area (Å²) in [7, 11) is 0. The van der Waals surface area contributed by atoms with E-state index in [-0.39, 0.29) is 6.04 Å². The Hall–Kier alpha value is -3.98. The van der Waals surface area contributed by atoms with E-state index in [1.54, 1.807) is 0 Å². The van der Waals surface area contributed by atoms with Crippen molar-refractivity contribution in [2.24, 2.45) is 0 Å². The molecule has 0 spiro atoms. The molecule has 3 aromatic rings. The first kappa shape index (κ1) is 20.0. The van der Waals surface area contributed by atoms with E-state index in [1.807, 2.05) is 48.5 Å². The van der Waals surface area contributed by atoms with Crippen LogP contribution < -0.4 is 20.5 Å². The summed E-state index contributed by atoms with van der Waals surface area (Å²) in [5.74, 6) is 1.36. The third-order valence-corrected chi connectivity index (χ3v) is 6.08. The second kappa shape index (κ2) is 8.27. The quantitative estimate of drug-likeness (QED) is 0.412. The number of hydrogen-bond donors (Lipinski definition) is 3. The standard InChI is InChI=1S/C26H24N4O2/c27-15-16-4-7-20-17(12-16)2-1-3-23(20)30-19-6-8-22(28)21(14-19)26(29)18-5-9-24-25(13-18)32-11-10-31-24/h4-9,12-14,23,29-30H,1-3,10-11,28H2. The van der Waals surface area contributed by atoms with Crippen molar-refractivity contribution in [2.45, 2.75) is 25.3 Å². The molecule has 0 amide bonds. The first-order valence-corrected chi connectivity index (χ1v) is 10.8. The van der Waals surface area contributed by atoms with Crippen LogP contribution in [0.4, 0.5) is 11.4 Å². The number of nitrogens with zero attached hydrogens (tertiary/aromatic N) is 1. The van der Waals surface area contributed by atoms with Crippen molar-refractivity contribution in [2.75, 3.05) is 24.3 Å². The third kappa shape index (κ3) is 3.74. The van der Waals surface area contributed by atoms with Crippen LogP contribution >= 0.6 is 0 Å². The Kier molecular flexibility index (Phi) is 5.16. The van der Waals surface area contributed by atoms with Gasteiger partial charge in [0.2, 0.25) is 0 Å². The Morgan fingerprint density at radius 1 is 1.03 bits per heavy atom. The minimum Gasteiger partial charge on any atom is -0.486 e. The van der Waals surface area contributed by atoms with E-state index in [2.05, 4.69) is 17.5 Å². The zero-order chi connectivity index (χ0) is 22.1. The van der Waals surface area contributed by atoms with Gasteiger partial charge < -0.3 is 20.5 Å². The van der Waals surface area contributed by atoms with Gasteiger partial charge in [-0.1, -0.05) is 6.07 Å². The maximum Gasteiger partial charge on any atom is 0.162 e. The van der Waals surface area contributed by atoms with Crippen LogP contribution in [0.5, 0.6) is 11.5 Å². The molecular formula is C26H24N4O2. The number of nitrogens with two attached hydrogens (primary N) is 1. The fourth-order valence-corrected chi connectivity index (χ4v) is 4.45. The van der Waals surface area contributed by atoms with Crippen molar-refractivity contribution >= 4 is 17.1 Å². The number of benzene rings is 3. The summed E-state index contributed by atoms with van der Waals surface area (Å²) in [5, 5.41) is 21.6. The Labute approximate surface area is 187 Å². The highest BCUT2D eigenvalue weighted by Crippen LogP contribution is 2.35. The highest BCUT2D eigenvalue weighted by atomic mass is 16.6. The topological polar surface area (TPSA) is 104 Å². The molecule has 5 rings (SSSR count). The van der Waals surface area contributed by atoms with Gasteiger partial charge in [0.1, 0.15) is 13.2 Å². The van der Waals surface area contributed by atoms with Gasteiger partial charge in [-0.2, -0.15) is 5.26 Å². The lowest BCUT2D eigenvalue weighted by molar-refractivity contribution is 0.171. The Balaban J connectivity index is 1.42. The molecule has 4 N–H and O–H groups in total. The number of nitriles is 1. The van der Waals surface area contributed by atoms with Crippen LogP contribution in [-0.4, -0.2) is 18.9 Å². The molecule has 0 saturated heterocycles. The van der Waals surface area contributed by atoms with Gasteiger partial charge in [-0.05, 0) is 78.9 Å². The van der Waals surface area contributed by atoms with Gasteiger partial charge in [0.15, 0.2) is 11.5 Å². The molecule has 1 aliphatic heterocycles. The Morgan fingerprint density at radius 3 is 2.72 bits per heavy atom. The predicted octanol–water partition coefficient (Wildman–Crippen LogP) is 4.82. The van der Waals surface area contributed by atoms with Gasteiger partial charge in [-0.15, -0.1) is 0 Å². The van der Waals surface area contributed by atoms with Gasteiger partial charge in [0, 0.05) is 22.5 Å². The number of fused-ring (bicyclic) bond motifs is 2. The molecule has 32 heavy (non-hydrogen) atoms. The van der Waals surface area contributed by atoms with Crippen molar-refractivity contribution < 1.29 is 9.47 Å². The van der Waals surface area contributed by atoms with Crippen LogP contribution in [0.25, 0.3) is 0 Å². The van der Waals surface area contributed by atoms with Crippen LogP contribution in [0.2, 0.25) is 0 Å². The van der Waals surface area contributed by atoms with Crippen molar-refractivity contribution in [3.63, 3.8) is 0 Å². The molecule has 0 radical (unpaired) electrons. The lowest BCUT2D eigenvalue weighted by Gasteiger charge is -2.28. The highest BCUT2D eigenvalue weighted by molar-refractivity contribution is 6.14. The molecule has 1 aliphatic carbocycles. The second-order valence-corrected chi connectivity index (χ2v) is 8.15. The molecule has 2 aliphatic rings. The summed E-state index contributed by atoms with van der Waals surface area (Å²) in [6.45, 7) is 1.04. The number of ether oxygens (including phenoxy) is 2. The van der Waals surface area contributed by atoms with Crippen LogP contribution in [0.3, 0.4) is 0 Å². The minimum atomic E-state index is 0.159. The zero-order valence-electron chi connectivity index (χ0n) is 17.7. The summed E-state index contributed by atoms with van der Waals surface area (Å²) in [4.78, 5) is 0. The number of aryl methyl sites for hydroxylation is 1. The molecule has 6 heteroatoms. The van der Waals surface area contributed by atoms with Crippen molar-refractivity contribution in [3.05, 3.63) is 82.4 Å². The molecule has 0 bridgehead atoms. The zero-order valence-corrected chi connectivity index (χ0v) is 17.7. The predicted molar refractivity (Wildman–Crippen MR) is 125 cm³/mol. The van der Waals surface area contributed by atoms with Gasteiger partial charge in [-0.3, -0.25) is 5.41 Å². The van der Waals surface area contributed by atoms with Crippen molar-refractivity contribution in [1.82, 2.24) is 0 Å². The molecular weight excluding hydrogens is 400 g/mol. The van der Waals surface area contributed by atoms with Gasteiger partial charge in [0.25, 0.3) is 0 Å². The molecule has 6 nitrogen and oxygen atoms in total. The van der Waals surface area contributed by atoms with Gasteiger partial charge in [0.05, 0.1) is 23.4 Å². The fourth-order valence-electron chi connectivity index (χ4n) is 4.45. The van der Waals surface area contributed by atoms with E-state index < -0.39 is 0 Å². The van der Waals surface area contributed by atoms with E-state index in [9.17, 15) is 5.26 Å². The molecule has 0 saturated carbocycles. The largest absolute Gasteiger partial charge is 0.486 e. The van der Waals surface area contributed by atoms with E-state index in [4.69, 9.17) is 20.6 Å². The van der Waals surface area contributed by atoms with Gasteiger partial charge in [-0.25, -0.2) is 0 Å². The van der Waals surface area contributed by atoms with E-state index in [0.29, 0.717) is 47.2 Å². The van der Waals surface area contributed by atoms with Crippen LogP contribution in [-0.2, 0) is 6.42 Å².